The van der Waals surface area contributed by atoms with Gasteiger partial charge < -0.3 is 10.1 Å². The van der Waals surface area contributed by atoms with E-state index in [0.717, 1.165) is 39.2 Å². The molecule has 8 nitrogen and oxygen atoms in total. The van der Waals surface area contributed by atoms with E-state index in [1.165, 1.54) is 29.3 Å². The summed E-state index contributed by atoms with van der Waals surface area (Å²) < 4.78 is 44.0. The quantitative estimate of drug-likeness (QED) is 0.214. The maximum Gasteiger partial charge on any atom is 0.416 e. The molecule has 3 rings (SSSR count). The average Bonchev–Trinajstić information content (AvgIpc) is 3.22. The number of benzene rings is 2. The van der Waals surface area contributed by atoms with Crippen molar-refractivity contribution in [2.45, 2.75) is 23.2 Å². The van der Waals surface area contributed by atoms with Crippen molar-refractivity contribution in [2.24, 2.45) is 5.10 Å². The Morgan fingerprint density at radius 1 is 1.15 bits per heavy atom. The van der Waals surface area contributed by atoms with Crippen LogP contribution in [0.5, 0.6) is 5.75 Å². The highest BCUT2D eigenvalue weighted by molar-refractivity contribution is 8.00. The van der Waals surface area contributed by atoms with Gasteiger partial charge in [-0.3, -0.25) is 9.59 Å². The van der Waals surface area contributed by atoms with Crippen molar-refractivity contribution in [1.82, 2.24) is 15.6 Å². The number of hydrogen-bond acceptors (Lipinski definition) is 8. The van der Waals surface area contributed by atoms with Crippen LogP contribution in [0.25, 0.3) is 0 Å². The average molecular weight is 510 g/mol. The minimum Gasteiger partial charge on any atom is -0.496 e. The third kappa shape index (κ3) is 7.02. The molecule has 3 aromatic rings. The van der Waals surface area contributed by atoms with Gasteiger partial charge in [-0.05, 0) is 55.0 Å². The number of methoxy groups -OCH3 is 1. The lowest BCUT2D eigenvalue weighted by Crippen LogP contribution is -2.32. The summed E-state index contributed by atoms with van der Waals surface area (Å²) in [4.78, 5) is 23.9. The molecule has 178 valence electrons. The third-order valence-electron chi connectivity index (χ3n) is 4.22. The van der Waals surface area contributed by atoms with Crippen molar-refractivity contribution in [2.75, 3.05) is 12.4 Å². The van der Waals surface area contributed by atoms with Gasteiger partial charge >= 0.3 is 18.0 Å². The van der Waals surface area contributed by atoms with Crippen molar-refractivity contribution >= 4 is 46.8 Å². The van der Waals surface area contributed by atoms with E-state index in [1.54, 1.807) is 19.2 Å². The molecule has 0 spiro atoms. The molecule has 0 aliphatic rings. The van der Waals surface area contributed by atoms with Crippen LogP contribution in [0.2, 0.25) is 0 Å². The van der Waals surface area contributed by atoms with E-state index in [1.807, 2.05) is 13.0 Å². The summed E-state index contributed by atoms with van der Waals surface area (Å²) in [5.41, 5.74) is 2.77. The maximum absolute atomic E-state index is 12.6. The first-order valence-corrected chi connectivity index (χ1v) is 11.4. The first-order chi connectivity index (χ1) is 16.2. The van der Waals surface area contributed by atoms with Crippen molar-refractivity contribution in [3.8, 4) is 5.75 Å². The zero-order valence-electron chi connectivity index (χ0n) is 17.8. The molecule has 34 heavy (non-hydrogen) atoms. The van der Waals surface area contributed by atoms with Crippen LogP contribution in [0.1, 0.15) is 21.7 Å². The van der Waals surface area contributed by atoms with E-state index >= 15 is 0 Å². The van der Waals surface area contributed by atoms with Gasteiger partial charge in [-0.1, -0.05) is 23.1 Å². The molecule has 1 aromatic heterocycles. The van der Waals surface area contributed by atoms with Crippen molar-refractivity contribution < 1.29 is 27.5 Å². The van der Waals surface area contributed by atoms with E-state index in [-0.39, 0.29) is 5.69 Å². The van der Waals surface area contributed by atoms with Crippen LogP contribution < -0.4 is 15.5 Å². The molecule has 0 radical (unpaired) electrons. The Morgan fingerprint density at radius 2 is 1.88 bits per heavy atom. The van der Waals surface area contributed by atoms with Gasteiger partial charge in [0, 0.05) is 17.0 Å². The fourth-order valence-corrected chi connectivity index (χ4v) is 4.41. The highest BCUT2D eigenvalue weighted by atomic mass is 32.2. The number of hydrazone groups is 1. The van der Waals surface area contributed by atoms with E-state index in [9.17, 15) is 22.8 Å². The molecule has 0 aliphatic carbocycles. The molecule has 0 fully saturated rings. The SMILES string of the molecule is COc1ccc(/C=N/NC(=O)C(=O)Nc2ccc(C(F)(F)F)cc2)cc1CSc1nnc(C)s1. The second-order valence-corrected chi connectivity index (χ2v) is 9.08. The number of thioether (sulfide) groups is 1. The predicted molar refractivity (Wildman–Crippen MR) is 123 cm³/mol. The number of rotatable bonds is 7. The third-order valence-corrected chi connectivity index (χ3v) is 6.24. The number of halogens is 3. The number of hydrogen-bond donors (Lipinski definition) is 2. The second-order valence-electron chi connectivity index (χ2n) is 6.68. The molecule has 0 aliphatic heterocycles. The largest absolute Gasteiger partial charge is 0.496 e. The molecule has 0 unspecified atom stereocenters. The summed E-state index contributed by atoms with van der Waals surface area (Å²) in [6.07, 6.45) is -3.14. The Bertz CT molecular complexity index is 1200. The van der Waals surface area contributed by atoms with Gasteiger partial charge in [0.25, 0.3) is 0 Å². The lowest BCUT2D eigenvalue weighted by Gasteiger charge is -2.09. The molecule has 0 atom stereocenters. The Kier molecular flexibility index (Phi) is 8.23. The van der Waals surface area contributed by atoms with Gasteiger partial charge in [-0.2, -0.15) is 18.3 Å². The normalized spacial score (nSPS) is 11.4. The van der Waals surface area contributed by atoms with E-state index in [2.05, 4.69) is 26.0 Å². The Labute approximate surface area is 200 Å². The highest BCUT2D eigenvalue weighted by Crippen LogP contribution is 2.31. The fourth-order valence-electron chi connectivity index (χ4n) is 2.61. The Hall–Kier alpha value is -3.45. The molecule has 2 amide bonds. The molecule has 0 saturated heterocycles. The molecule has 13 heteroatoms. The summed E-state index contributed by atoms with van der Waals surface area (Å²) in [6.45, 7) is 1.87. The zero-order valence-corrected chi connectivity index (χ0v) is 19.5. The van der Waals surface area contributed by atoms with E-state index in [4.69, 9.17) is 4.74 Å². The summed E-state index contributed by atoms with van der Waals surface area (Å²) >= 11 is 2.99. The summed E-state index contributed by atoms with van der Waals surface area (Å²) in [6, 6.07) is 9.00. The number of ether oxygens (including phenoxy) is 1. The lowest BCUT2D eigenvalue weighted by atomic mass is 10.1. The minimum absolute atomic E-state index is 0.0417. The highest BCUT2D eigenvalue weighted by Gasteiger charge is 2.30. The molecular formula is C21H18F3N5O3S2. The number of carbonyl (C=O) groups excluding carboxylic acids is 2. The number of nitrogens with one attached hydrogen (secondary N) is 2. The first kappa shape index (κ1) is 25.2. The Morgan fingerprint density at radius 3 is 2.50 bits per heavy atom. The van der Waals surface area contributed by atoms with Gasteiger partial charge in [-0.15, -0.1) is 10.2 Å². The van der Waals surface area contributed by atoms with Crippen LogP contribution in [0.15, 0.2) is 51.9 Å². The van der Waals surface area contributed by atoms with Crippen LogP contribution in [0.4, 0.5) is 18.9 Å². The summed E-state index contributed by atoms with van der Waals surface area (Å²) in [5.74, 6) is -0.907. The smallest absolute Gasteiger partial charge is 0.416 e. The topological polar surface area (TPSA) is 106 Å². The van der Waals surface area contributed by atoms with Gasteiger partial charge in [0.1, 0.15) is 10.8 Å². The zero-order chi connectivity index (χ0) is 24.7. The second kappa shape index (κ2) is 11.1. The lowest BCUT2D eigenvalue weighted by molar-refractivity contribution is -0.137. The van der Waals surface area contributed by atoms with Crippen LogP contribution >= 0.6 is 23.1 Å². The standard InChI is InChI=1S/C21H18F3N5O3S2/c1-12-27-29-20(34-12)33-11-14-9-13(3-8-17(14)32-2)10-25-28-19(31)18(30)26-16-6-4-15(5-7-16)21(22,23)24/h3-10H,11H2,1-2H3,(H,26,30)(H,28,31)/b25-10+. The summed E-state index contributed by atoms with van der Waals surface area (Å²) in [5, 5.41) is 14.9. The van der Waals surface area contributed by atoms with E-state index in [0.29, 0.717) is 17.1 Å². The van der Waals surface area contributed by atoms with E-state index < -0.39 is 23.6 Å². The molecule has 2 N–H and O–H groups in total. The van der Waals surface area contributed by atoms with Crippen LogP contribution in [0, 0.1) is 6.92 Å². The number of aromatic nitrogens is 2. The molecular weight excluding hydrogens is 491 g/mol. The van der Waals surface area contributed by atoms with Crippen LogP contribution in [-0.2, 0) is 21.5 Å². The number of aryl methyl sites for hydroxylation is 1. The predicted octanol–water partition coefficient (Wildman–Crippen LogP) is 4.26. The molecule has 2 aromatic carbocycles. The first-order valence-electron chi connectivity index (χ1n) is 9.57. The van der Waals surface area contributed by atoms with Gasteiger partial charge in [0.2, 0.25) is 0 Å². The fraction of sp³-hybridized carbons (Fsp3) is 0.190. The monoisotopic (exact) mass is 509 g/mol. The maximum atomic E-state index is 12.6. The van der Waals surface area contributed by atoms with Gasteiger partial charge in [-0.25, -0.2) is 5.43 Å². The number of anilines is 1. The van der Waals surface area contributed by atoms with Crippen LogP contribution in [-0.4, -0.2) is 35.3 Å². The number of alkyl halides is 3. The minimum atomic E-state index is -4.49. The van der Waals surface area contributed by atoms with Crippen molar-refractivity contribution in [3.63, 3.8) is 0 Å². The molecule has 1 heterocycles. The van der Waals surface area contributed by atoms with Gasteiger partial charge in [0.15, 0.2) is 4.34 Å². The van der Waals surface area contributed by atoms with Crippen molar-refractivity contribution in [3.05, 3.63) is 64.2 Å². The van der Waals surface area contributed by atoms with Crippen molar-refractivity contribution in [1.29, 1.82) is 0 Å². The number of carbonyl (C=O) groups is 2. The van der Waals surface area contributed by atoms with Crippen LogP contribution in [0.3, 0.4) is 0 Å². The molecule has 0 saturated carbocycles. The number of amides is 2. The Balaban J connectivity index is 1.57. The number of nitrogens with zero attached hydrogens (tertiary/aromatic N) is 3. The molecule has 0 bridgehead atoms. The summed E-state index contributed by atoms with van der Waals surface area (Å²) in [7, 11) is 1.56. The van der Waals surface area contributed by atoms with Gasteiger partial charge in [0.05, 0.1) is 18.9 Å².